The molecule has 0 bridgehead atoms. The maximum Gasteiger partial charge on any atom is 0.303 e. The van der Waals surface area contributed by atoms with Gasteiger partial charge in [0.1, 0.15) is 0 Å². The van der Waals surface area contributed by atoms with Crippen molar-refractivity contribution in [3.05, 3.63) is 23.0 Å². The molecule has 2 heterocycles. The Morgan fingerprint density at radius 1 is 1.53 bits per heavy atom. The van der Waals surface area contributed by atoms with E-state index in [4.69, 9.17) is 5.11 Å². The zero-order valence-corrected chi connectivity index (χ0v) is 8.17. The van der Waals surface area contributed by atoms with Gasteiger partial charge < -0.3 is 15.4 Å². The molecule has 0 unspecified atom stereocenters. The summed E-state index contributed by atoms with van der Waals surface area (Å²) in [7, 11) is 0. The molecule has 1 aromatic rings. The van der Waals surface area contributed by atoms with E-state index in [1.54, 1.807) is 6.20 Å². The standard InChI is InChI=1S/C10H12N2O3/c13-9-3-7-6(1-2-10(14)15)4-11-8(7)5-12-9/h4,11H,1-3,5H2,(H,12,13)(H,14,15). The Labute approximate surface area is 86.5 Å². The summed E-state index contributed by atoms with van der Waals surface area (Å²) < 4.78 is 0. The van der Waals surface area contributed by atoms with Gasteiger partial charge in [0, 0.05) is 18.3 Å². The van der Waals surface area contributed by atoms with Gasteiger partial charge in [-0.15, -0.1) is 0 Å². The number of carbonyl (C=O) groups is 2. The van der Waals surface area contributed by atoms with Gasteiger partial charge >= 0.3 is 5.97 Å². The highest BCUT2D eigenvalue weighted by molar-refractivity contribution is 5.81. The molecule has 0 aromatic carbocycles. The van der Waals surface area contributed by atoms with Crippen molar-refractivity contribution in [3.8, 4) is 0 Å². The average molecular weight is 208 g/mol. The number of carbonyl (C=O) groups excluding carboxylic acids is 1. The van der Waals surface area contributed by atoms with E-state index in [9.17, 15) is 9.59 Å². The van der Waals surface area contributed by atoms with Crippen molar-refractivity contribution in [1.29, 1.82) is 0 Å². The summed E-state index contributed by atoms with van der Waals surface area (Å²) in [6.45, 7) is 0.515. The summed E-state index contributed by atoms with van der Waals surface area (Å²) in [6, 6.07) is 0. The number of hydrogen-bond donors (Lipinski definition) is 3. The number of nitrogens with one attached hydrogen (secondary N) is 2. The number of aryl methyl sites for hydroxylation is 1. The molecule has 1 aliphatic rings. The van der Waals surface area contributed by atoms with E-state index in [1.807, 2.05) is 0 Å². The van der Waals surface area contributed by atoms with Crippen LogP contribution in [0.4, 0.5) is 0 Å². The molecule has 0 aliphatic carbocycles. The van der Waals surface area contributed by atoms with Crippen LogP contribution in [0.5, 0.6) is 0 Å². The van der Waals surface area contributed by atoms with Gasteiger partial charge in [0.25, 0.3) is 0 Å². The van der Waals surface area contributed by atoms with Gasteiger partial charge in [-0.05, 0) is 17.5 Å². The second kappa shape index (κ2) is 3.76. The number of aliphatic carboxylic acids is 1. The summed E-state index contributed by atoms with van der Waals surface area (Å²) in [6.07, 6.45) is 2.74. The lowest BCUT2D eigenvalue weighted by Crippen LogP contribution is -2.30. The van der Waals surface area contributed by atoms with Crippen LogP contribution in [0, 0.1) is 0 Å². The van der Waals surface area contributed by atoms with Crippen molar-refractivity contribution in [2.24, 2.45) is 0 Å². The van der Waals surface area contributed by atoms with Gasteiger partial charge in [0.2, 0.25) is 5.91 Å². The topological polar surface area (TPSA) is 82.2 Å². The predicted octanol–water partition coefficient (Wildman–Crippen LogP) is 0.204. The Balaban J connectivity index is 2.15. The van der Waals surface area contributed by atoms with Crippen LogP contribution in [0.15, 0.2) is 6.20 Å². The lowest BCUT2D eigenvalue weighted by atomic mass is 10.0. The summed E-state index contributed by atoms with van der Waals surface area (Å²) in [5.41, 5.74) is 2.91. The third-order valence-electron chi connectivity index (χ3n) is 2.58. The van der Waals surface area contributed by atoms with Gasteiger partial charge in [-0.3, -0.25) is 9.59 Å². The highest BCUT2D eigenvalue weighted by atomic mass is 16.4. The van der Waals surface area contributed by atoms with E-state index in [0.717, 1.165) is 16.8 Å². The number of rotatable bonds is 3. The van der Waals surface area contributed by atoms with Crippen LogP contribution < -0.4 is 5.32 Å². The molecule has 0 atom stereocenters. The molecule has 0 saturated carbocycles. The van der Waals surface area contributed by atoms with Gasteiger partial charge in [0.15, 0.2) is 0 Å². The van der Waals surface area contributed by atoms with Crippen molar-refractivity contribution >= 4 is 11.9 Å². The molecular weight excluding hydrogens is 196 g/mol. The molecule has 1 amide bonds. The second-order valence-electron chi connectivity index (χ2n) is 3.62. The van der Waals surface area contributed by atoms with Crippen molar-refractivity contribution in [2.75, 3.05) is 0 Å². The molecule has 80 valence electrons. The summed E-state index contributed by atoms with van der Waals surface area (Å²) >= 11 is 0. The molecule has 0 spiro atoms. The first-order valence-corrected chi connectivity index (χ1v) is 4.83. The average Bonchev–Trinajstić information content (AvgIpc) is 2.57. The Hall–Kier alpha value is -1.78. The number of carboxylic acids is 1. The first kappa shape index (κ1) is 9.76. The monoisotopic (exact) mass is 208 g/mol. The van der Waals surface area contributed by atoms with E-state index < -0.39 is 5.97 Å². The Morgan fingerprint density at radius 3 is 3.07 bits per heavy atom. The van der Waals surface area contributed by atoms with Crippen LogP contribution in [0.25, 0.3) is 0 Å². The minimum absolute atomic E-state index is 0.00123. The van der Waals surface area contributed by atoms with Crippen LogP contribution >= 0.6 is 0 Å². The molecule has 2 rings (SSSR count). The molecule has 1 aromatic heterocycles. The highest BCUT2D eigenvalue weighted by Crippen LogP contribution is 2.19. The normalized spacial score (nSPS) is 14.5. The smallest absolute Gasteiger partial charge is 0.303 e. The number of fused-ring (bicyclic) bond motifs is 1. The van der Waals surface area contributed by atoms with E-state index >= 15 is 0 Å². The largest absolute Gasteiger partial charge is 0.481 e. The van der Waals surface area contributed by atoms with Crippen molar-refractivity contribution < 1.29 is 14.7 Å². The lowest BCUT2D eigenvalue weighted by molar-refractivity contribution is -0.137. The van der Waals surface area contributed by atoms with Crippen molar-refractivity contribution in [1.82, 2.24) is 10.3 Å². The fraction of sp³-hybridized carbons (Fsp3) is 0.400. The van der Waals surface area contributed by atoms with Gasteiger partial charge in [0.05, 0.1) is 13.0 Å². The zero-order chi connectivity index (χ0) is 10.8. The summed E-state index contributed by atoms with van der Waals surface area (Å²) in [5.74, 6) is -0.816. The number of aromatic amines is 1. The van der Waals surface area contributed by atoms with E-state index in [2.05, 4.69) is 10.3 Å². The number of amides is 1. The number of carboxylic acid groups (broad SMARTS) is 1. The zero-order valence-electron chi connectivity index (χ0n) is 8.17. The van der Waals surface area contributed by atoms with Crippen LogP contribution in [0.2, 0.25) is 0 Å². The van der Waals surface area contributed by atoms with E-state index in [1.165, 1.54) is 0 Å². The Kier molecular flexibility index (Phi) is 2.45. The van der Waals surface area contributed by atoms with Crippen LogP contribution in [-0.4, -0.2) is 22.0 Å². The van der Waals surface area contributed by atoms with Gasteiger partial charge in [-0.1, -0.05) is 0 Å². The quantitative estimate of drug-likeness (QED) is 0.663. The number of aromatic nitrogens is 1. The maximum absolute atomic E-state index is 11.2. The van der Waals surface area contributed by atoms with Gasteiger partial charge in [-0.2, -0.15) is 0 Å². The number of H-pyrrole nitrogens is 1. The third kappa shape index (κ3) is 2.01. The molecule has 5 nitrogen and oxygen atoms in total. The van der Waals surface area contributed by atoms with E-state index in [0.29, 0.717) is 19.4 Å². The molecule has 1 aliphatic heterocycles. The van der Waals surface area contributed by atoms with Gasteiger partial charge in [-0.25, -0.2) is 0 Å². The maximum atomic E-state index is 11.2. The second-order valence-corrected chi connectivity index (χ2v) is 3.62. The summed E-state index contributed by atoms with van der Waals surface area (Å²) in [5, 5.41) is 11.3. The summed E-state index contributed by atoms with van der Waals surface area (Å²) in [4.78, 5) is 24.7. The Morgan fingerprint density at radius 2 is 2.33 bits per heavy atom. The fourth-order valence-electron chi connectivity index (χ4n) is 1.79. The fourth-order valence-corrected chi connectivity index (χ4v) is 1.79. The molecular formula is C10H12N2O3. The molecule has 5 heteroatoms. The first-order valence-electron chi connectivity index (χ1n) is 4.83. The Bertz CT molecular complexity index is 409. The first-order chi connectivity index (χ1) is 7.16. The molecule has 0 fully saturated rings. The minimum atomic E-state index is -0.815. The molecule has 3 N–H and O–H groups in total. The highest BCUT2D eigenvalue weighted by Gasteiger charge is 2.19. The molecule has 0 saturated heterocycles. The van der Waals surface area contributed by atoms with Crippen LogP contribution in [0.3, 0.4) is 0 Å². The molecule has 15 heavy (non-hydrogen) atoms. The van der Waals surface area contributed by atoms with Crippen molar-refractivity contribution in [3.63, 3.8) is 0 Å². The SMILES string of the molecule is O=C(O)CCc1c[nH]c2c1CC(=O)NC2. The van der Waals surface area contributed by atoms with Crippen LogP contribution in [0.1, 0.15) is 23.2 Å². The van der Waals surface area contributed by atoms with Crippen LogP contribution in [-0.2, 0) is 29.0 Å². The number of hydrogen-bond acceptors (Lipinski definition) is 2. The van der Waals surface area contributed by atoms with Crippen molar-refractivity contribution in [2.45, 2.75) is 25.8 Å². The molecule has 0 radical (unpaired) electrons. The predicted molar refractivity (Wildman–Crippen MR) is 52.3 cm³/mol. The lowest BCUT2D eigenvalue weighted by Gasteiger charge is -2.13. The minimum Gasteiger partial charge on any atom is -0.481 e. The van der Waals surface area contributed by atoms with E-state index in [-0.39, 0.29) is 12.3 Å². The third-order valence-corrected chi connectivity index (χ3v) is 2.58.